The van der Waals surface area contributed by atoms with Crippen molar-refractivity contribution in [2.45, 2.75) is 39.4 Å². The molecule has 0 spiro atoms. The highest BCUT2D eigenvalue weighted by Crippen LogP contribution is 2.21. The molecule has 0 aromatic carbocycles. The molecule has 0 atom stereocenters. The van der Waals surface area contributed by atoms with E-state index in [9.17, 15) is 13.2 Å². The number of pyridine rings is 1. The first-order valence-electron chi connectivity index (χ1n) is 6.73. The van der Waals surface area contributed by atoms with Gasteiger partial charge in [-0.25, -0.2) is 4.98 Å². The zero-order valence-corrected chi connectivity index (χ0v) is 11.8. The smallest absolute Gasteiger partial charge is 0.389 e. The fourth-order valence-corrected chi connectivity index (χ4v) is 1.57. The van der Waals surface area contributed by atoms with Crippen molar-refractivity contribution in [3.05, 3.63) is 23.9 Å². The minimum atomic E-state index is -4.13. The predicted octanol–water partition coefficient (Wildman–Crippen LogP) is 3.55. The Kier molecular flexibility index (Phi) is 6.78. The van der Waals surface area contributed by atoms with E-state index < -0.39 is 12.6 Å². The van der Waals surface area contributed by atoms with Gasteiger partial charge in [0.25, 0.3) is 0 Å². The van der Waals surface area contributed by atoms with Crippen LogP contribution in [0.3, 0.4) is 0 Å². The molecule has 0 aliphatic carbocycles. The van der Waals surface area contributed by atoms with Crippen LogP contribution in [-0.4, -0.2) is 24.3 Å². The van der Waals surface area contributed by atoms with Gasteiger partial charge in [0.05, 0.1) is 12.3 Å². The van der Waals surface area contributed by atoms with Crippen LogP contribution in [0.4, 0.5) is 13.2 Å². The summed E-state index contributed by atoms with van der Waals surface area (Å²) >= 11 is 0. The molecule has 1 aromatic rings. The summed E-state index contributed by atoms with van der Waals surface area (Å²) in [5.74, 6) is 0.924. The van der Waals surface area contributed by atoms with Crippen LogP contribution in [0.2, 0.25) is 0 Å². The number of halogens is 3. The van der Waals surface area contributed by atoms with Gasteiger partial charge < -0.3 is 10.1 Å². The highest BCUT2D eigenvalue weighted by atomic mass is 19.4. The van der Waals surface area contributed by atoms with Crippen LogP contribution in [0.1, 0.15) is 32.4 Å². The molecule has 0 aliphatic rings. The molecule has 114 valence electrons. The molecule has 1 N–H and O–H groups in total. The lowest BCUT2D eigenvalue weighted by Gasteiger charge is -2.10. The monoisotopic (exact) mass is 290 g/mol. The summed E-state index contributed by atoms with van der Waals surface area (Å²) in [4.78, 5) is 4.24. The summed E-state index contributed by atoms with van der Waals surface area (Å²) in [5, 5.41) is 3.25. The number of alkyl halides is 3. The van der Waals surface area contributed by atoms with E-state index in [2.05, 4.69) is 24.1 Å². The van der Waals surface area contributed by atoms with Crippen molar-refractivity contribution in [1.29, 1.82) is 0 Å². The van der Waals surface area contributed by atoms with Gasteiger partial charge in [0.15, 0.2) is 0 Å². The van der Waals surface area contributed by atoms with Crippen molar-refractivity contribution in [2.75, 3.05) is 13.2 Å². The first kappa shape index (κ1) is 16.8. The molecule has 0 unspecified atom stereocenters. The summed E-state index contributed by atoms with van der Waals surface area (Å²) in [6.45, 7) is 5.76. The van der Waals surface area contributed by atoms with Crippen LogP contribution in [0.15, 0.2) is 18.2 Å². The summed E-state index contributed by atoms with van der Waals surface area (Å²) < 4.78 is 41.1. The van der Waals surface area contributed by atoms with Crippen LogP contribution >= 0.6 is 0 Å². The molecule has 0 fully saturated rings. The Morgan fingerprint density at radius 3 is 2.70 bits per heavy atom. The zero-order valence-electron chi connectivity index (χ0n) is 11.8. The van der Waals surface area contributed by atoms with Crippen LogP contribution in [0.5, 0.6) is 5.88 Å². The summed E-state index contributed by atoms with van der Waals surface area (Å²) in [5.41, 5.74) is 0.818. The van der Waals surface area contributed by atoms with Gasteiger partial charge in [0.2, 0.25) is 5.88 Å². The Morgan fingerprint density at radius 1 is 1.30 bits per heavy atom. The van der Waals surface area contributed by atoms with Gasteiger partial charge in [-0.3, -0.25) is 0 Å². The number of aromatic nitrogens is 1. The highest BCUT2D eigenvalue weighted by Gasteiger charge is 2.26. The Labute approximate surface area is 117 Å². The lowest BCUT2D eigenvalue weighted by Crippen LogP contribution is -2.19. The quantitative estimate of drug-likeness (QED) is 0.743. The van der Waals surface area contributed by atoms with Crippen molar-refractivity contribution < 1.29 is 17.9 Å². The number of nitrogens with zero attached hydrogens (tertiary/aromatic N) is 1. The maximum Gasteiger partial charge on any atom is 0.389 e. The van der Waals surface area contributed by atoms with E-state index in [1.165, 1.54) is 0 Å². The summed E-state index contributed by atoms with van der Waals surface area (Å²) in [6, 6.07) is 5.30. The molecule has 0 saturated heterocycles. The van der Waals surface area contributed by atoms with Crippen LogP contribution in [0, 0.1) is 5.92 Å². The fourth-order valence-electron chi connectivity index (χ4n) is 1.57. The fraction of sp³-hybridized carbons (Fsp3) is 0.643. The van der Waals surface area contributed by atoms with Gasteiger partial charge in [-0.1, -0.05) is 19.9 Å². The third kappa shape index (κ3) is 7.99. The Balaban J connectivity index is 2.32. The Hall–Kier alpha value is -1.30. The van der Waals surface area contributed by atoms with Crippen molar-refractivity contribution >= 4 is 0 Å². The molecule has 0 radical (unpaired) electrons. The van der Waals surface area contributed by atoms with Crippen molar-refractivity contribution in [3.8, 4) is 5.88 Å². The van der Waals surface area contributed by atoms with E-state index >= 15 is 0 Å². The van der Waals surface area contributed by atoms with E-state index in [0.29, 0.717) is 18.3 Å². The summed E-state index contributed by atoms with van der Waals surface area (Å²) in [7, 11) is 0. The molecule has 1 rings (SSSR count). The van der Waals surface area contributed by atoms with E-state index in [0.717, 1.165) is 12.2 Å². The lowest BCUT2D eigenvalue weighted by atomic mass is 10.2. The third-order valence-corrected chi connectivity index (χ3v) is 2.49. The number of rotatable bonds is 8. The van der Waals surface area contributed by atoms with Crippen molar-refractivity contribution in [2.24, 2.45) is 5.92 Å². The van der Waals surface area contributed by atoms with Gasteiger partial charge in [0.1, 0.15) is 0 Å². The first-order chi connectivity index (χ1) is 9.37. The van der Waals surface area contributed by atoms with Gasteiger partial charge in [0, 0.05) is 19.0 Å². The Morgan fingerprint density at radius 2 is 2.05 bits per heavy atom. The molecule has 0 saturated carbocycles. The van der Waals surface area contributed by atoms with Crippen LogP contribution in [0.25, 0.3) is 0 Å². The van der Waals surface area contributed by atoms with E-state index in [4.69, 9.17) is 4.74 Å². The molecule has 6 heteroatoms. The zero-order chi connectivity index (χ0) is 15.0. The maximum atomic E-state index is 12.0. The van der Waals surface area contributed by atoms with Gasteiger partial charge in [-0.15, -0.1) is 0 Å². The number of nitrogens with one attached hydrogen (secondary N) is 1. The topological polar surface area (TPSA) is 34.1 Å². The lowest BCUT2D eigenvalue weighted by molar-refractivity contribution is -0.136. The van der Waals surface area contributed by atoms with E-state index in [1.54, 1.807) is 12.1 Å². The largest absolute Gasteiger partial charge is 0.478 e. The van der Waals surface area contributed by atoms with Crippen molar-refractivity contribution in [3.63, 3.8) is 0 Å². The predicted molar refractivity (Wildman–Crippen MR) is 71.6 cm³/mol. The molecule has 0 aliphatic heterocycles. The third-order valence-electron chi connectivity index (χ3n) is 2.49. The second-order valence-electron chi connectivity index (χ2n) is 5.06. The van der Waals surface area contributed by atoms with Gasteiger partial charge >= 0.3 is 6.18 Å². The number of hydrogen-bond acceptors (Lipinski definition) is 3. The molecular weight excluding hydrogens is 269 g/mol. The normalized spacial score (nSPS) is 11.9. The standard InChI is InChI=1S/C14H21F3N2O/c1-11(2)9-18-10-12-5-3-6-13(19-12)20-8-4-7-14(15,16)17/h3,5-6,11,18H,4,7-10H2,1-2H3. The minimum absolute atomic E-state index is 0.0232. The van der Waals surface area contributed by atoms with Crippen LogP contribution in [-0.2, 0) is 6.54 Å². The van der Waals surface area contributed by atoms with Crippen molar-refractivity contribution in [1.82, 2.24) is 10.3 Å². The molecule has 0 bridgehead atoms. The van der Waals surface area contributed by atoms with Gasteiger partial charge in [-0.2, -0.15) is 13.2 Å². The second kappa shape index (κ2) is 8.09. The average Bonchev–Trinajstić information content (AvgIpc) is 2.34. The van der Waals surface area contributed by atoms with Gasteiger partial charge in [-0.05, 0) is 24.9 Å². The molecule has 20 heavy (non-hydrogen) atoms. The molecule has 3 nitrogen and oxygen atoms in total. The average molecular weight is 290 g/mol. The Bertz CT molecular complexity index is 394. The molecule has 1 heterocycles. The van der Waals surface area contributed by atoms with Crippen LogP contribution < -0.4 is 10.1 Å². The maximum absolute atomic E-state index is 12.0. The van der Waals surface area contributed by atoms with E-state index in [-0.39, 0.29) is 13.0 Å². The molecular formula is C14H21F3N2O. The highest BCUT2D eigenvalue weighted by molar-refractivity contribution is 5.15. The molecule has 0 amide bonds. The first-order valence-corrected chi connectivity index (χ1v) is 6.73. The molecule has 1 aromatic heterocycles. The number of hydrogen-bond donors (Lipinski definition) is 1. The summed E-state index contributed by atoms with van der Waals surface area (Å²) in [6.07, 6.45) is -5.01. The SMILES string of the molecule is CC(C)CNCc1cccc(OCCCC(F)(F)F)n1. The van der Waals surface area contributed by atoms with E-state index in [1.807, 2.05) is 6.07 Å². The second-order valence-corrected chi connectivity index (χ2v) is 5.06. The number of ether oxygens (including phenoxy) is 1. The minimum Gasteiger partial charge on any atom is -0.478 e.